The minimum Gasteiger partial charge on any atom is -0.480 e. The lowest BCUT2D eigenvalue weighted by Gasteiger charge is -2.23. The topological polar surface area (TPSA) is 235 Å². The zero-order valence-electron chi connectivity index (χ0n) is 16.8. The minimum atomic E-state index is -1.22. The summed E-state index contributed by atoms with van der Waals surface area (Å²) in [4.78, 5) is 51.4. The van der Waals surface area contributed by atoms with Gasteiger partial charge in [0.1, 0.15) is 24.7 Å². The zero-order valence-corrected chi connectivity index (χ0v) is 17.6. The highest BCUT2D eigenvalue weighted by molar-refractivity contribution is 7.98. The van der Waals surface area contributed by atoms with Gasteiger partial charge in [-0.15, -0.1) is 0 Å². The predicted molar refractivity (Wildman–Crippen MR) is 112 cm³/mol. The van der Waals surface area contributed by atoms with Crippen LogP contribution in [0.25, 0.3) is 0 Å². The summed E-state index contributed by atoms with van der Waals surface area (Å²) in [5, 5.41) is 24.9. The molecule has 14 heteroatoms. The monoisotopic (exact) mass is 449 g/mol. The highest BCUT2D eigenvalue weighted by Crippen LogP contribution is 2.05. The molecule has 0 radical (unpaired) electrons. The maximum atomic E-state index is 12.7. The lowest BCUT2D eigenvalue weighted by molar-refractivity contribution is -0.138. The van der Waals surface area contributed by atoms with E-state index in [0.717, 1.165) is 0 Å². The van der Waals surface area contributed by atoms with Crippen LogP contribution in [0.5, 0.6) is 0 Å². The molecule has 30 heavy (non-hydrogen) atoms. The summed E-state index contributed by atoms with van der Waals surface area (Å²) >= 11 is 1.44. The number of aliphatic hydroxyl groups is 1. The molecule has 0 aliphatic heterocycles. The normalized spacial score (nSPS) is 13.4. The van der Waals surface area contributed by atoms with Crippen LogP contribution in [-0.2, 0) is 19.2 Å². The van der Waals surface area contributed by atoms with Gasteiger partial charge in [-0.05, 0) is 31.3 Å². The fourth-order valence-electron chi connectivity index (χ4n) is 2.20. The molecule has 3 atom stereocenters. The number of nitrogens with one attached hydrogen (secondary N) is 3. The standard InChI is InChI=1S/C16H31N7O6S/c1-30-6-4-11(14(28)21-7-12(25)26)23-15(29)10(3-2-5-20-16(18)19)22-13(27)9(17)8-24/h9-11,24H,2-8,17H2,1H3,(H,21,28)(H,22,27)(H,23,29)(H,25,26)(H4,18,19,20). The average molecular weight is 450 g/mol. The molecule has 0 heterocycles. The van der Waals surface area contributed by atoms with Crippen molar-refractivity contribution < 1.29 is 29.4 Å². The second-order valence-electron chi connectivity index (χ2n) is 6.25. The second kappa shape index (κ2) is 15.3. The molecule has 0 aliphatic carbocycles. The summed E-state index contributed by atoms with van der Waals surface area (Å²) in [5.74, 6) is -2.86. The van der Waals surface area contributed by atoms with E-state index in [0.29, 0.717) is 12.2 Å². The third-order valence-corrected chi connectivity index (χ3v) is 4.41. The number of hydrogen-bond acceptors (Lipinski definition) is 8. The maximum absolute atomic E-state index is 12.7. The first-order valence-electron chi connectivity index (χ1n) is 9.13. The lowest BCUT2D eigenvalue weighted by atomic mass is 10.1. The average Bonchev–Trinajstić information content (AvgIpc) is 2.70. The smallest absolute Gasteiger partial charge is 0.322 e. The Morgan fingerprint density at radius 1 is 1.03 bits per heavy atom. The van der Waals surface area contributed by atoms with Gasteiger partial charge in [-0.25, -0.2) is 0 Å². The van der Waals surface area contributed by atoms with Crippen molar-refractivity contribution in [3.63, 3.8) is 0 Å². The van der Waals surface area contributed by atoms with E-state index in [1.807, 2.05) is 6.26 Å². The highest BCUT2D eigenvalue weighted by Gasteiger charge is 2.27. The number of carbonyl (C=O) groups is 4. The van der Waals surface area contributed by atoms with Crippen LogP contribution in [0.1, 0.15) is 19.3 Å². The first-order valence-corrected chi connectivity index (χ1v) is 10.5. The van der Waals surface area contributed by atoms with Gasteiger partial charge >= 0.3 is 5.97 Å². The van der Waals surface area contributed by atoms with Crippen LogP contribution in [0.15, 0.2) is 4.99 Å². The number of nitrogens with two attached hydrogens (primary N) is 3. The number of carboxylic acid groups (broad SMARTS) is 1. The van der Waals surface area contributed by atoms with Crippen molar-refractivity contribution in [2.45, 2.75) is 37.4 Å². The molecule has 0 fully saturated rings. The van der Waals surface area contributed by atoms with Crippen molar-refractivity contribution >= 4 is 41.4 Å². The molecule has 3 amide bonds. The summed E-state index contributed by atoms with van der Waals surface area (Å²) in [6, 6.07) is -3.27. The number of aliphatic carboxylic acids is 1. The van der Waals surface area contributed by atoms with E-state index in [-0.39, 0.29) is 25.3 Å². The van der Waals surface area contributed by atoms with E-state index < -0.39 is 55.0 Å². The number of hydrogen-bond donors (Lipinski definition) is 8. The molecule has 0 aromatic carbocycles. The Hall–Kier alpha value is -2.58. The SMILES string of the molecule is CSCCC(NC(=O)C(CCCN=C(N)N)NC(=O)C(N)CO)C(=O)NCC(=O)O. The largest absolute Gasteiger partial charge is 0.480 e. The Kier molecular flexibility index (Phi) is 14.0. The second-order valence-corrected chi connectivity index (χ2v) is 7.24. The molecular weight excluding hydrogens is 418 g/mol. The van der Waals surface area contributed by atoms with Crippen molar-refractivity contribution in [1.82, 2.24) is 16.0 Å². The van der Waals surface area contributed by atoms with Gasteiger partial charge in [0.05, 0.1) is 6.61 Å². The van der Waals surface area contributed by atoms with E-state index in [2.05, 4.69) is 20.9 Å². The van der Waals surface area contributed by atoms with Gasteiger partial charge in [-0.1, -0.05) is 0 Å². The molecule has 0 saturated heterocycles. The predicted octanol–water partition coefficient (Wildman–Crippen LogP) is -3.72. The van der Waals surface area contributed by atoms with Crippen molar-refractivity contribution in [3.8, 4) is 0 Å². The fourth-order valence-corrected chi connectivity index (χ4v) is 2.67. The van der Waals surface area contributed by atoms with Crippen molar-refractivity contribution in [3.05, 3.63) is 0 Å². The third-order valence-electron chi connectivity index (χ3n) is 3.77. The summed E-state index contributed by atoms with van der Waals surface area (Å²) in [6.45, 7) is -0.986. The third kappa shape index (κ3) is 12.1. The van der Waals surface area contributed by atoms with Gasteiger partial charge in [0, 0.05) is 6.54 Å². The maximum Gasteiger partial charge on any atom is 0.322 e. The van der Waals surface area contributed by atoms with Crippen LogP contribution in [-0.4, -0.2) is 89.7 Å². The number of carbonyl (C=O) groups excluding carboxylic acids is 3. The van der Waals surface area contributed by atoms with E-state index >= 15 is 0 Å². The molecule has 0 aromatic rings. The van der Waals surface area contributed by atoms with Crippen molar-refractivity contribution in [1.29, 1.82) is 0 Å². The summed E-state index contributed by atoms with van der Waals surface area (Å²) < 4.78 is 0. The molecule has 0 rings (SSSR count). The van der Waals surface area contributed by atoms with Crippen LogP contribution in [0.4, 0.5) is 0 Å². The number of thioether (sulfide) groups is 1. The molecule has 13 nitrogen and oxygen atoms in total. The number of rotatable bonds is 15. The number of nitrogens with zero attached hydrogens (tertiary/aromatic N) is 1. The van der Waals surface area contributed by atoms with Crippen molar-refractivity contribution in [2.24, 2.45) is 22.2 Å². The van der Waals surface area contributed by atoms with Gasteiger partial charge in [0.25, 0.3) is 0 Å². The van der Waals surface area contributed by atoms with Crippen LogP contribution >= 0.6 is 11.8 Å². The number of amides is 3. The molecule has 0 spiro atoms. The van der Waals surface area contributed by atoms with E-state index in [1.54, 1.807) is 0 Å². The van der Waals surface area contributed by atoms with Crippen LogP contribution < -0.4 is 33.2 Å². The minimum absolute atomic E-state index is 0.116. The molecule has 3 unspecified atom stereocenters. The first-order chi connectivity index (χ1) is 14.1. The summed E-state index contributed by atoms with van der Waals surface area (Å²) in [6.07, 6.45) is 2.55. The molecule has 0 aromatic heterocycles. The Morgan fingerprint density at radius 2 is 1.63 bits per heavy atom. The van der Waals surface area contributed by atoms with E-state index in [4.69, 9.17) is 27.4 Å². The van der Waals surface area contributed by atoms with E-state index in [9.17, 15) is 19.2 Å². The Bertz CT molecular complexity index is 615. The van der Waals surface area contributed by atoms with Crippen molar-refractivity contribution in [2.75, 3.05) is 31.7 Å². The number of aliphatic imine (C=N–C) groups is 1. The molecule has 0 saturated carbocycles. The van der Waals surface area contributed by atoms with Gasteiger partial charge in [0.2, 0.25) is 17.7 Å². The van der Waals surface area contributed by atoms with Crippen LogP contribution in [0.3, 0.4) is 0 Å². The Morgan fingerprint density at radius 3 is 2.17 bits per heavy atom. The molecule has 0 aliphatic rings. The van der Waals surface area contributed by atoms with Gasteiger partial charge in [0.15, 0.2) is 5.96 Å². The Balaban J connectivity index is 5.21. The quantitative estimate of drug-likeness (QED) is 0.0691. The molecule has 172 valence electrons. The van der Waals surface area contributed by atoms with Gasteiger partial charge < -0.3 is 43.4 Å². The summed E-state index contributed by atoms with van der Waals surface area (Å²) in [5.41, 5.74) is 16.0. The molecular formula is C16H31N7O6S. The number of carboxylic acids is 1. The van der Waals surface area contributed by atoms with Gasteiger partial charge in [-0.2, -0.15) is 11.8 Å². The Labute approximate surface area is 178 Å². The fraction of sp³-hybridized carbons (Fsp3) is 0.688. The van der Waals surface area contributed by atoms with E-state index in [1.165, 1.54) is 11.8 Å². The number of aliphatic hydroxyl groups excluding tert-OH is 1. The van der Waals surface area contributed by atoms with Crippen LogP contribution in [0.2, 0.25) is 0 Å². The molecule has 11 N–H and O–H groups in total. The lowest BCUT2D eigenvalue weighted by Crippen LogP contribution is -2.56. The molecule has 0 bridgehead atoms. The number of guanidine groups is 1. The van der Waals surface area contributed by atoms with Gasteiger partial charge in [-0.3, -0.25) is 24.2 Å². The zero-order chi connectivity index (χ0) is 23.1. The summed E-state index contributed by atoms with van der Waals surface area (Å²) in [7, 11) is 0. The van der Waals surface area contributed by atoms with Crippen LogP contribution in [0, 0.1) is 0 Å². The highest BCUT2D eigenvalue weighted by atomic mass is 32.2. The first kappa shape index (κ1) is 27.4.